The first-order valence-corrected chi connectivity index (χ1v) is 7.26. The van der Waals surface area contributed by atoms with Crippen LogP contribution in [0.1, 0.15) is 19.8 Å². The SMILES string of the molecule is CC(NC(=O)N1CCC(C(N)=O)CC1)Oc1ccc(O)cc1. The lowest BCUT2D eigenvalue weighted by atomic mass is 9.96. The maximum atomic E-state index is 12.1. The minimum absolute atomic E-state index is 0.144. The molecule has 7 heteroatoms. The van der Waals surface area contributed by atoms with Crippen LogP contribution in [0.4, 0.5) is 4.79 Å². The van der Waals surface area contributed by atoms with Crippen molar-refractivity contribution in [1.82, 2.24) is 10.2 Å². The zero-order chi connectivity index (χ0) is 16.1. The largest absolute Gasteiger partial charge is 0.508 e. The van der Waals surface area contributed by atoms with Gasteiger partial charge < -0.3 is 25.8 Å². The first-order valence-electron chi connectivity index (χ1n) is 7.26. The summed E-state index contributed by atoms with van der Waals surface area (Å²) in [6.45, 7) is 2.73. The van der Waals surface area contributed by atoms with E-state index in [9.17, 15) is 14.7 Å². The summed E-state index contributed by atoms with van der Waals surface area (Å²) in [7, 11) is 0. The molecule has 1 unspecified atom stereocenters. The summed E-state index contributed by atoms with van der Waals surface area (Å²) in [4.78, 5) is 24.9. The molecule has 1 atom stereocenters. The summed E-state index contributed by atoms with van der Waals surface area (Å²) in [5.41, 5.74) is 5.27. The van der Waals surface area contributed by atoms with E-state index in [1.807, 2.05) is 0 Å². The van der Waals surface area contributed by atoms with Gasteiger partial charge in [-0.3, -0.25) is 4.79 Å². The number of rotatable bonds is 4. The number of carbonyl (C=O) groups excluding carboxylic acids is 2. The van der Waals surface area contributed by atoms with E-state index >= 15 is 0 Å². The van der Waals surface area contributed by atoms with Gasteiger partial charge in [-0.25, -0.2) is 4.79 Å². The lowest BCUT2D eigenvalue weighted by molar-refractivity contribution is -0.123. The number of phenols is 1. The third-order valence-corrected chi connectivity index (χ3v) is 3.66. The first-order chi connectivity index (χ1) is 10.5. The summed E-state index contributed by atoms with van der Waals surface area (Å²) >= 11 is 0. The number of amides is 3. The van der Waals surface area contributed by atoms with Gasteiger partial charge in [-0.15, -0.1) is 0 Å². The maximum absolute atomic E-state index is 12.1. The molecule has 0 saturated carbocycles. The molecule has 0 spiro atoms. The Morgan fingerprint density at radius 3 is 2.45 bits per heavy atom. The van der Waals surface area contributed by atoms with Crippen molar-refractivity contribution in [3.63, 3.8) is 0 Å². The summed E-state index contributed by atoms with van der Waals surface area (Å²) in [5.74, 6) is 0.262. The van der Waals surface area contributed by atoms with Crippen molar-refractivity contribution in [3.05, 3.63) is 24.3 Å². The second-order valence-electron chi connectivity index (χ2n) is 5.37. The molecule has 7 nitrogen and oxygen atoms in total. The minimum Gasteiger partial charge on any atom is -0.508 e. The molecule has 1 fully saturated rings. The standard InChI is InChI=1S/C15H21N3O4/c1-10(22-13-4-2-12(19)3-5-13)17-15(21)18-8-6-11(7-9-18)14(16)20/h2-5,10-11,19H,6-9H2,1H3,(H2,16,20)(H,17,21). The Morgan fingerprint density at radius 1 is 1.32 bits per heavy atom. The van der Waals surface area contributed by atoms with Crippen LogP contribution < -0.4 is 15.8 Å². The molecule has 3 amide bonds. The number of nitrogens with one attached hydrogen (secondary N) is 1. The second-order valence-corrected chi connectivity index (χ2v) is 5.37. The fourth-order valence-corrected chi connectivity index (χ4v) is 2.39. The van der Waals surface area contributed by atoms with Gasteiger partial charge in [0.25, 0.3) is 0 Å². The van der Waals surface area contributed by atoms with Crippen LogP contribution >= 0.6 is 0 Å². The molecule has 1 aromatic carbocycles. The van der Waals surface area contributed by atoms with Crippen LogP contribution in [0, 0.1) is 5.92 Å². The van der Waals surface area contributed by atoms with Gasteiger partial charge in [0.1, 0.15) is 11.5 Å². The number of hydrogen-bond donors (Lipinski definition) is 3. The zero-order valence-electron chi connectivity index (χ0n) is 12.5. The predicted molar refractivity (Wildman–Crippen MR) is 80.2 cm³/mol. The van der Waals surface area contributed by atoms with Crippen LogP contribution in [-0.4, -0.2) is 41.3 Å². The molecule has 0 aliphatic carbocycles. The number of ether oxygens (including phenoxy) is 1. The fraction of sp³-hybridized carbons (Fsp3) is 0.467. The van der Waals surface area contributed by atoms with Crippen LogP contribution in [0.25, 0.3) is 0 Å². The average Bonchev–Trinajstić information content (AvgIpc) is 2.49. The van der Waals surface area contributed by atoms with Crippen molar-refractivity contribution >= 4 is 11.9 Å². The maximum Gasteiger partial charge on any atom is 0.320 e. The quantitative estimate of drug-likeness (QED) is 0.722. The summed E-state index contributed by atoms with van der Waals surface area (Å²) < 4.78 is 5.55. The van der Waals surface area contributed by atoms with Crippen LogP contribution in [0.2, 0.25) is 0 Å². The van der Waals surface area contributed by atoms with Gasteiger partial charge in [0.15, 0.2) is 6.23 Å². The van der Waals surface area contributed by atoms with Gasteiger partial charge in [0.05, 0.1) is 0 Å². The molecule has 0 bridgehead atoms. The van der Waals surface area contributed by atoms with E-state index in [0.717, 1.165) is 0 Å². The number of phenolic OH excluding ortho intramolecular Hbond substituents is 1. The topological polar surface area (TPSA) is 105 Å². The number of urea groups is 1. The van der Waals surface area contributed by atoms with E-state index in [4.69, 9.17) is 10.5 Å². The molecule has 1 saturated heterocycles. The highest BCUT2D eigenvalue weighted by atomic mass is 16.5. The van der Waals surface area contributed by atoms with Crippen LogP contribution in [0.3, 0.4) is 0 Å². The van der Waals surface area contributed by atoms with E-state index < -0.39 is 6.23 Å². The fourth-order valence-electron chi connectivity index (χ4n) is 2.39. The molecule has 0 aromatic heterocycles. The summed E-state index contributed by atoms with van der Waals surface area (Å²) in [6, 6.07) is 6.04. The van der Waals surface area contributed by atoms with Gasteiger partial charge in [-0.1, -0.05) is 0 Å². The molecule has 1 aromatic rings. The Hall–Kier alpha value is -2.44. The smallest absolute Gasteiger partial charge is 0.320 e. The number of nitrogens with zero attached hydrogens (tertiary/aromatic N) is 1. The first kappa shape index (κ1) is 15.9. The molecule has 1 heterocycles. The molecule has 4 N–H and O–H groups in total. The van der Waals surface area contributed by atoms with Crippen molar-refractivity contribution in [2.75, 3.05) is 13.1 Å². The molecular weight excluding hydrogens is 286 g/mol. The number of likely N-dealkylation sites (tertiary alicyclic amines) is 1. The highest BCUT2D eigenvalue weighted by molar-refractivity contribution is 5.78. The Balaban J connectivity index is 1.79. The third-order valence-electron chi connectivity index (χ3n) is 3.66. The van der Waals surface area contributed by atoms with Gasteiger partial charge in [0, 0.05) is 19.0 Å². The monoisotopic (exact) mass is 307 g/mol. The number of piperidine rings is 1. The van der Waals surface area contributed by atoms with Gasteiger partial charge in [-0.2, -0.15) is 0 Å². The molecule has 0 radical (unpaired) electrons. The number of primary amides is 1. The lowest BCUT2D eigenvalue weighted by Gasteiger charge is -2.31. The number of aromatic hydroxyl groups is 1. The van der Waals surface area contributed by atoms with Crippen LogP contribution in [0.5, 0.6) is 11.5 Å². The molecule has 1 aliphatic rings. The van der Waals surface area contributed by atoms with Crippen molar-refractivity contribution < 1.29 is 19.4 Å². The highest BCUT2D eigenvalue weighted by Gasteiger charge is 2.26. The van der Waals surface area contributed by atoms with E-state index in [0.29, 0.717) is 31.7 Å². The average molecular weight is 307 g/mol. The Morgan fingerprint density at radius 2 is 1.91 bits per heavy atom. The molecular formula is C15H21N3O4. The number of carbonyl (C=O) groups is 2. The van der Waals surface area contributed by atoms with Gasteiger partial charge in [0.2, 0.25) is 5.91 Å². The van der Waals surface area contributed by atoms with Crippen molar-refractivity contribution in [2.24, 2.45) is 11.7 Å². The van der Waals surface area contributed by atoms with Crippen molar-refractivity contribution in [2.45, 2.75) is 26.0 Å². The molecule has 2 rings (SSSR count). The van der Waals surface area contributed by atoms with Crippen molar-refractivity contribution in [1.29, 1.82) is 0 Å². The zero-order valence-corrected chi connectivity index (χ0v) is 12.5. The van der Waals surface area contributed by atoms with E-state index in [-0.39, 0.29) is 23.6 Å². The Bertz CT molecular complexity index is 524. The second kappa shape index (κ2) is 7.02. The van der Waals surface area contributed by atoms with Crippen LogP contribution in [0.15, 0.2) is 24.3 Å². The normalized spacial score (nSPS) is 16.9. The number of benzene rings is 1. The predicted octanol–water partition coefficient (Wildman–Crippen LogP) is 1.02. The van der Waals surface area contributed by atoms with E-state index in [2.05, 4.69) is 5.32 Å². The van der Waals surface area contributed by atoms with Crippen LogP contribution in [-0.2, 0) is 4.79 Å². The Kier molecular flexibility index (Phi) is 5.08. The van der Waals surface area contributed by atoms with Gasteiger partial charge >= 0.3 is 6.03 Å². The van der Waals surface area contributed by atoms with E-state index in [1.165, 1.54) is 12.1 Å². The van der Waals surface area contributed by atoms with Gasteiger partial charge in [-0.05, 0) is 44.0 Å². The van der Waals surface area contributed by atoms with Crippen molar-refractivity contribution in [3.8, 4) is 11.5 Å². The Labute approximate surface area is 129 Å². The third kappa shape index (κ3) is 4.28. The molecule has 1 aliphatic heterocycles. The summed E-state index contributed by atoms with van der Waals surface area (Å²) in [6.07, 6.45) is 0.678. The number of hydrogen-bond acceptors (Lipinski definition) is 4. The minimum atomic E-state index is -0.508. The molecule has 120 valence electrons. The summed E-state index contributed by atoms with van der Waals surface area (Å²) in [5, 5.41) is 11.9. The molecule has 22 heavy (non-hydrogen) atoms. The van der Waals surface area contributed by atoms with E-state index in [1.54, 1.807) is 24.0 Å². The number of nitrogens with two attached hydrogens (primary N) is 1. The lowest BCUT2D eigenvalue weighted by Crippen LogP contribution is -2.49. The highest BCUT2D eigenvalue weighted by Crippen LogP contribution is 2.18.